The predicted molar refractivity (Wildman–Crippen MR) is 121 cm³/mol. The van der Waals surface area contributed by atoms with Crippen LogP contribution in [0.25, 0.3) is 11.3 Å². The van der Waals surface area contributed by atoms with Gasteiger partial charge in [0.25, 0.3) is 0 Å². The summed E-state index contributed by atoms with van der Waals surface area (Å²) >= 11 is 3.62. The van der Waals surface area contributed by atoms with Gasteiger partial charge in [0.15, 0.2) is 0 Å². The molecule has 0 spiro atoms. The van der Waals surface area contributed by atoms with E-state index in [0.717, 1.165) is 33.4 Å². The van der Waals surface area contributed by atoms with Crippen molar-refractivity contribution in [3.05, 3.63) is 63.8 Å². The molecule has 0 atom stereocenters. The number of aryl methyl sites for hydroxylation is 1. The lowest BCUT2D eigenvalue weighted by Crippen LogP contribution is -2.35. The molecule has 0 bridgehead atoms. The summed E-state index contributed by atoms with van der Waals surface area (Å²) < 4.78 is 8.46. The van der Waals surface area contributed by atoms with Gasteiger partial charge in [-0.3, -0.25) is 4.90 Å². The first-order chi connectivity index (χ1) is 14.2. The van der Waals surface area contributed by atoms with E-state index in [-0.39, 0.29) is 6.09 Å². The van der Waals surface area contributed by atoms with Crippen molar-refractivity contribution in [2.45, 2.75) is 46.3 Å². The number of carbonyl (C=O) groups excluding carboxylic acids is 1. The number of amides is 1. The third-order valence-corrected chi connectivity index (χ3v) is 5.85. The molecule has 1 amide bonds. The van der Waals surface area contributed by atoms with Crippen molar-refractivity contribution in [3.8, 4) is 11.3 Å². The topological polar surface area (TPSA) is 60.2 Å². The van der Waals surface area contributed by atoms with Gasteiger partial charge in [0, 0.05) is 16.6 Å². The van der Waals surface area contributed by atoms with Gasteiger partial charge in [-0.1, -0.05) is 45.4 Å². The van der Waals surface area contributed by atoms with Crippen LogP contribution in [0.5, 0.6) is 0 Å². The van der Waals surface area contributed by atoms with Crippen LogP contribution >= 0.6 is 15.9 Å². The van der Waals surface area contributed by atoms with E-state index in [9.17, 15) is 4.79 Å². The zero-order valence-electron chi connectivity index (χ0n) is 17.6. The molecule has 156 valence electrons. The number of nitrogens with zero attached hydrogens (tertiary/aromatic N) is 4. The smallest absolute Gasteiger partial charge is 0.414 e. The van der Waals surface area contributed by atoms with Crippen LogP contribution in [0, 0.1) is 6.92 Å². The first kappa shape index (κ1) is 20.6. The summed E-state index contributed by atoms with van der Waals surface area (Å²) in [5.74, 6) is 0. The van der Waals surface area contributed by atoms with Gasteiger partial charge in [0.2, 0.25) is 0 Å². The van der Waals surface area contributed by atoms with Gasteiger partial charge in [-0.05, 0) is 62.9 Å². The van der Waals surface area contributed by atoms with Gasteiger partial charge >= 0.3 is 6.09 Å². The Bertz CT molecular complexity index is 1080. The molecule has 0 radical (unpaired) electrons. The van der Waals surface area contributed by atoms with Crippen molar-refractivity contribution in [2.75, 3.05) is 11.4 Å². The quantitative estimate of drug-likeness (QED) is 0.518. The summed E-state index contributed by atoms with van der Waals surface area (Å²) in [6.45, 7) is 8.98. The molecule has 0 saturated carbocycles. The average molecular weight is 469 g/mol. The molecule has 1 aromatic heterocycles. The number of ether oxygens (including phenoxy) is 1. The van der Waals surface area contributed by atoms with Gasteiger partial charge in [0.1, 0.15) is 11.3 Å². The Morgan fingerprint density at radius 3 is 2.77 bits per heavy atom. The molecule has 0 unspecified atom stereocenters. The molecule has 6 nitrogen and oxygen atoms in total. The second kappa shape index (κ2) is 7.87. The molecule has 1 aliphatic heterocycles. The van der Waals surface area contributed by atoms with Crippen LogP contribution in [0.3, 0.4) is 0 Å². The van der Waals surface area contributed by atoms with Crippen molar-refractivity contribution in [1.82, 2.24) is 15.0 Å². The van der Waals surface area contributed by atoms with Crippen molar-refractivity contribution < 1.29 is 9.53 Å². The molecule has 7 heteroatoms. The second-order valence-corrected chi connectivity index (χ2v) is 9.42. The molecule has 4 rings (SSSR count). The first-order valence-corrected chi connectivity index (χ1v) is 10.8. The molecule has 0 aliphatic carbocycles. The lowest BCUT2D eigenvalue weighted by Gasteiger charge is -2.25. The van der Waals surface area contributed by atoms with Crippen LogP contribution in [-0.2, 0) is 17.7 Å². The lowest BCUT2D eigenvalue weighted by molar-refractivity contribution is 0.0584. The monoisotopic (exact) mass is 468 g/mol. The van der Waals surface area contributed by atoms with Gasteiger partial charge < -0.3 is 4.74 Å². The van der Waals surface area contributed by atoms with E-state index in [2.05, 4.69) is 45.3 Å². The number of fused-ring (bicyclic) bond motifs is 1. The standard InChI is InChI=1S/C23H25BrN4O2/c1-15-6-5-7-19(24)18(15)13-27-14-20(25-26-27)17-9-8-16-10-11-28(21(16)12-17)22(29)30-23(2,3)4/h5-9,12,14H,10-11,13H2,1-4H3. The molecule has 2 heterocycles. The first-order valence-electron chi connectivity index (χ1n) is 9.99. The molecule has 1 aliphatic rings. The number of rotatable bonds is 3. The maximum Gasteiger partial charge on any atom is 0.414 e. The molecule has 3 aromatic rings. The van der Waals surface area contributed by atoms with Crippen LogP contribution in [0.2, 0.25) is 0 Å². The zero-order valence-corrected chi connectivity index (χ0v) is 19.2. The maximum absolute atomic E-state index is 12.6. The minimum Gasteiger partial charge on any atom is -0.443 e. The van der Waals surface area contributed by atoms with Crippen molar-refractivity contribution in [2.24, 2.45) is 0 Å². The third kappa shape index (κ3) is 4.26. The fourth-order valence-electron chi connectivity index (χ4n) is 3.58. The summed E-state index contributed by atoms with van der Waals surface area (Å²) in [5.41, 5.74) is 5.59. The lowest BCUT2D eigenvalue weighted by atomic mass is 10.1. The Morgan fingerprint density at radius 2 is 2.03 bits per heavy atom. The summed E-state index contributed by atoms with van der Waals surface area (Å²) in [6, 6.07) is 12.2. The third-order valence-electron chi connectivity index (χ3n) is 5.10. The highest BCUT2D eigenvalue weighted by Crippen LogP contribution is 2.33. The van der Waals surface area contributed by atoms with Crippen LogP contribution in [0.15, 0.2) is 47.1 Å². The van der Waals surface area contributed by atoms with E-state index < -0.39 is 5.60 Å². The molecular formula is C23H25BrN4O2. The van der Waals surface area contributed by atoms with E-state index in [1.807, 2.05) is 55.9 Å². The van der Waals surface area contributed by atoms with Crippen LogP contribution in [0.4, 0.5) is 10.5 Å². The number of anilines is 1. The normalized spacial score (nSPS) is 13.4. The Morgan fingerprint density at radius 1 is 1.23 bits per heavy atom. The molecule has 30 heavy (non-hydrogen) atoms. The van der Waals surface area contributed by atoms with Crippen LogP contribution in [0.1, 0.15) is 37.5 Å². The SMILES string of the molecule is Cc1cccc(Br)c1Cn1cc(-c2ccc3c(c2)N(C(=O)OC(C)(C)C)CC3)nn1. The highest BCUT2D eigenvalue weighted by atomic mass is 79.9. The van der Waals surface area contributed by atoms with Gasteiger partial charge in [-0.2, -0.15) is 0 Å². The van der Waals surface area contributed by atoms with Crippen LogP contribution < -0.4 is 4.90 Å². The molecular weight excluding hydrogens is 444 g/mol. The number of carbonyl (C=O) groups is 1. The fraction of sp³-hybridized carbons (Fsp3) is 0.348. The summed E-state index contributed by atoms with van der Waals surface area (Å²) in [4.78, 5) is 14.3. The van der Waals surface area contributed by atoms with Crippen LogP contribution in [-0.4, -0.2) is 33.2 Å². The maximum atomic E-state index is 12.6. The Labute approximate surface area is 185 Å². The highest BCUT2D eigenvalue weighted by Gasteiger charge is 2.29. The second-order valence-electron chi connectivity index (χ2n) is 8.56. The largest absolute Gasteiger partial charge is 0.443 e. The Hall–Kier alpha value is -2.67. The molecule has 0 fully saturated rings. The number of hydrogen-bond donors (Lipinski definition) is 0. The minimum atomic E-state index is -0.524. The van der Waals surface area contributed by atoms with Gasteiger partial charge in [-0.25, -0.2) is 9.48 Å². The van der Waals surface area contributed by atoms with E-state index in [0.29, 0.717) is 13.1 Å². The molecule has 0 saturated heterocycles. The van der Waals surface area contributed by atoms with Crippen molar-refractivity contribution >= 4 is 27.7 Å². The number of aromatic nitrogens is 3. The summed E-state index contributed by atoms with van der Waals surface area (Å²) in [5, 5.41) is 8.67. The average Bonchev–Trinajstić information content (AvgIpc) is 3.30. The summed E-state index contributed by atoms with van der Waals surface area (Å²) in [6.07, 6.45) is 2.45. The van der Waals surface area contributed by atoms with E-state index in [1.54, 1.807) is 4.90 Å². The van der Waals surface area contributed by atoms with Gasteiger partial charge in [0.05, 0.1) is 18.4 Å². The Kier molecular flexibility index (Phi) is 5.40. The molecule has 0 N–H and O–H groups in total. The fourth-order valence-corrected chi connectivity index (χ4v) is 4.17. The Balaban J connectivity index is 1.58. The predicted octanol–water partition coefficient (Wildman–Crippen LogP) is 5.36. The number of hydrogen-bond acceptors (Lipinski definition) is 4. The molecule has 2 aromatic carbocycles. The zero-order chi connectivity index (χ0) is 21.5. The van der Waals surface area contributed by atoms with E-state index in [1.165, 1.54) is 11.1 Å². The van der Waals surface area contributed by atoms with Crippen molar-refractivity contribution in [3.63, 3.8) is 0 Å². The van der Waals surface area contributed by atoms with E-state index >= 15 is 0 Å². The van der Waals surface area contributed by atoms with Crippen molar-refractivity contribution in [1.29, 1.82) is 0 Å². The van der Waals surface area contributed by atoms with Gasteiger partial charge in [-0.15, -0.1) is 5.10 Å². The van der Waals surface area contributed by atoms with E-state index in [4.69, 9.17) is 4.74 Å². The number of halogens is 1. The highest BCUT2D eigenvalue weighted by molar-refractivity contribution is 9.10. The summed E-state index contributed by atoms with van der Waals surface area (Å²) in [7, 11) is 0. The minimum absolute atomic E-state index is 0.313. The number of benzene rings is 2.